The molecule has 27 heavy (non-hydrogen) atoms. The summed E-state index contributed by atoms with van der Waals surface area (Å²) in [5, 5.41) is 5.39. The predicted molar refractivity (Wildman–Crippen MR) is 90.6 cm³/mol. The van der Waals surface area contributed by atoms with Crippen LogP contribution in [0.4, 0.5) is 4.79 Å². The number of rotatable bonds is 5. The minimum absolute atomic E-state index is 0.163. The van der Waals surface area contributed by atoms with Crippen LogP contribution in [0.2, 0.25) is 0 Å². The first-order valence-electron chi connectivity index (χ1n) is 8.81. The number of ether oxygens (including phenoxy) is 2. The Morgan fingerprint density at radius 1 is 1.30 bits per heavy atom. The van der Waals surface area contributed by atoms with Crippen molar-refractivity contribution in [3.05, 3.63) is 29.8 Å². The number of amides is 4. The van der Waals surface area contributed by atoms with Gasteiger partial charge in [-0.3, -0.25) is 19.3 Å². The molecule has 1 aromatic rings. The summed E-state index contributed by atoms with van der Waals surface area (Å²) < 4.78 is 10.4. The number of carbonyl (C=O) groups is 4. The summed E-state index contributed by atoms with van der Waals surface area (Å²) in [4.78, 5) is 49.8. The smallest absolute Gasteiger partial charge is 0.326 e. The summed E-state index contributed by atoms with van der Waals surface area (Å²) in [5.41, 5.74) is -0.676. The number of hydrogen-bond donors (Lipinski definition) is 2. The summed E-state index contributed by atoms with van der Waals surface area (Å²) in [6.07, 6.45) is 2.12. The lowest BCUT2D eigenvalue weighted by Gasteiger charge is -2.33. The topological polar surface area (TPSA) is 114 Å². The van der Waals surface area contributed by atoms with E-state index in [0.29, 0.717) is 11.3 Å². The highest BCUT2D eigenvalue weighted by Crippen LogP contribution is 2.40. The molecule has 2 aliphatic heterocycles. The summed E-state index contributed by atoms with van der Waals surface area (Å²) in [7, 11) is 0. The Morgan fingerprint density at radius 2 is 2.07 bits per heavy atom. The van der Waals surface area contributed by atoms with Crippen molar-refractivity contribution < 1.29 is 28.7 Å². The van der Waals surface area contributed by atoms with Crippen molar-refractivity contribution in [3.63, 3.8) is 0 Å². The molecular formula is C18H19N3O6. The molecule has 1 saturated heterocycles. The Hall–Kier alpha value is -3.10. The van der Waals surface area contributed by atoms with Crippen LogP contribution in [-0.4, -0.2) is 54.5 Å². The molecule has 2 fully saturated rings. The SMILES string of the molecule is O=C(COC(=O)CN1C(=O)N[C@]2(CCOc3ccccc32)C1=O)NC1CC1. The fourth-order valence-electron chi connectivity index (χ4n) is 3.33. The number of esters is 1. The van der Waals surface area contributed by atoms with Gasteiger partial charge in [-0.25, -0.2) is 4.79 Å². The van der Waals surface area contributed by atoms with E-state index in [0.717, 1.165) is 17.7 Å². The van der Waals surface area contributed by atoms with Gasteiger partial charge >= 0.3 is 12.0 Å². The quantitative estimate of drug-likeness (QED) is 0.556. The molecule has 0 aromatic heterocycles. The lowest BCUT2D eigenvalue weighted by atomic mass is 9.84. The first-order valence-corrected chi connectivity index (χ1v) is 8.81. The van der Waals surface area contributed by atoms with Gasteiger partial charge in [0, 0.05) is 18.0 Å². The molecule has 1 spiro atoms. The number of urea groups is 1. The Labute approximate surface area is 155 Å². The molecule has 0 bridgehead atoms. The monoisotopic (exact) mass is 373 g/mol. The summed E-state index contributed by atoms with van der Waals surface area (Å²) in [6, 6.07) is 6.47. The third-order valence-corrected chi connectivity index (χ3v) is 4.85. The van der Waals surface area contributed by atoms with Crippen LogP contribution in [-0.2, 0) is 24.7 Å². The molecule has 2 heterocycles. The maximum atomic E-state index is 13.0. The van der Waals surface area contributed by atoms with Gasteiger partial charge in [-0.2, -0.15) is 0 Å². The number of nitrogens with zero attached hydrogens (tertiary/aromatic N) is 1. The third-order valence-electron chi connectivity index (χ3n) is 4.85. The van der Waals surface area contributed by atoms with Gasteiger partial charge in [0.1, 0.15) is 12.3 Å². The van der Waals surface area contributed by atoms with Crippen LogP contribution in [0, 0.1) is 0 Å². The summed E-state index contributed by atoms with van der Waals surface area (Å²) in [6.45, 7) is -0.713. The number of carbonyl (C=O) groups excluding carboxylic acids is 4. The first kappa shape index (κ1) is 17.3. The molecule has 1 aliphatic carbocycles. The van der Waals surface area contributed by atoms with Crippen molar-refractivity contribution in [1.29, 1.82) is 0 Å². The fraction of sp³-hybridized carbons (Fsp3) is 0.444. The van der Waals surface area contributed by atoms with Gasteiger partial charge < -0.3 is 20.1 Å². The lowest BCUT2D eigenvalue weighted by Crippen LogP contribution is -2.47. The van der Waals surface area contributed by atoms with Crippen LogP contribution in [0.1, 0.15) is 24.8 Å². The molecule has 9 nitrogen and oxygen atoms in total. The standard InChI is InChI=1S/C18H19N3O6/c22-14(19-11-5-6-11)10-27-15(23)9-21-16(24)18(20-17(21)25)7-8-26-13-4-2-1-3-12(13)18/h1-4,11H,5-10H2,(H,19,22)(H,20,25)/t18-/m0/s1. The van der Waals surface area contributed by atoms with Crippen LogP contribution >= 0.6 is 0 Å². The molecule has 0 unspecified atom stereocenters. The summed E-state index contributed by atoms with van der Waals surface area (Å²) in [5.74, 6) is -1.21. The van der Waals surface area contributed by atoms with Gasteiger partial charge in [0.25, 0.3) is 11.8 Å². The van der Waals surface area contributed by atoms with E-state index in [-0.39, 0.29) is 19.1 Å². The molecule has 1 atom stereocenters. The van der Waals surface area contributed by atoms with Crippen molar-refractivity contribution in [2.45, 2.75) is 30.8 Å². The largest absolute Gasteiger partial charge is 0.493 e. The number of para-hydroxylation sites is 1. The van der Waals surface area contributed by atoms with Crippen LogP contribution in [0.25, 0.3) is 0 Å². The molecular weight excluding hydrogens is 354 g/mol. The van der Waals surface area contributed by atoms with Gasteiger partial charge in [-0.05, 0) is 18.9 Å². The first-order chi connectivity index (χ1) is 13.0. The Balaban J connectivity index is 1.43. The zero-order valence-electron chi connectivity index (χ0n) is 14.5. The number of benzene rings is 1. The molecule has 2 N–H and O–H groups in total. The number of nitrogens with one attached hydrogen (secondary N) is 2. The normalized spacial score (nSPS) is 23.5. The number of fused-ring (bicyclic) bond motifs is 2. The predicted octanol–water partition coefficient (Wildman–Crippen LogP) is 0.0380. The highest BCUT2D eigenvalue weighted by atomic mass is 16.5. The van der Waals surface area contributed by atoms with Crippen LogP contribution in [0.5, 0.6) is 5.75 Å². The van der Waals surface area contributed by atoms with Crippen LogP contribution < -0.4 is 15.4 Å². The van der Waals surface area contributed by atoms with Crippen molar-refractivity contribution >= 4 is 23.8 Å². The van der Waals surface area contributed by atoms with Gasteiger partial charge in [0.05, 0.1) is 6.61 Å². The summed E-state index contributed by atoms with van der Waals surface area (Å²) >= 11 is 0. The van der Waals surface area contributed by atoms with E-state index in [1.165, 1.54) is 0 Å². The van der Waals surface area contributed by atoms with Crippen molar-refractivity contribution in [3.8, 4) is 5.75 Å². The second-order valence-electron chi connectivity index (χ2n) is 6.82. The Kier molecular flexibility index (Phi) is 4.21. The zero-order valence-corrected chi connectivity index (χ0v) is 14.5. The number of hydrogen-bond acceptors (Lipinski definition) is 6. The van der Waals surface area contributed by atoms with E-state index in [9.17, 15) is 19.2 Å². The second-order valence-corrected chi connectivity index (χ2v) is 6.82. The highest BCUT2D eigenvalue weighted by molar-refractivity contribution is 6.09. The second kappa shape index (κ2) is 6.57. The van der Waals surface area contributed by atoms with E-state index in [2.05, 4.69) is 10.6 Å². The minimum atomic E-state index is -1.24. The average Bonchev–Trinajstić information content (AvgIpc) is 3.44. The van der Waals surface area contributed by atoms with Gasteiger partial charge in [0.15, 0.2) is 12.1 Å². The molecule has 4 rings (SSSR count). The minimum Gasteiger partial charge on any atom is -0.493 e. The van der Waals surface area contributed by atoms with E-state index < -0.39 is 42.5 Å². The van der Waals surface area contributed by atoms with E-state index >= 15 is 0 Å². The average molecular weight is 373 g/mol. The molecule has 0 radical (unpaired) electrons. The Bertz CT molecular complexity index is 821. The molecule has 4 amide bonds. The number of imide groups is 1. The van der Waals surface area contributed by atoms with E-state index in [4.69, 9.17) is 9.47 Å². The van der Waals surface area contributed by atoms with Gasteiger partial charge in [0.2, 0.25) is 0 Å². The lowest BCUT2D eigenvalue weighted by molar-refractivity contribution is -0.151. The van der Waals surface area contributed by atoms with Crippen molar-refractivity contribution in [2.75, 3.05) is 19.8 Å². The molecule has 142 valence electrons. The van der Waals surface area contributed by atoms with Crippen molar-refractivity contribution in [2.24, 2.45) is 0 Å². The maximum Gasteiger partial charge on any atom is 0.326 e. The highest BCUT2D eigenvalue weighted by Gasteiger charge is 2.55. The third kappa shape index (κ3) is 3.20. The van der Waals surface area contributed by atoms with E-state index in [1.54, 1.807) is 24.3 Å². The maximum absolute atomic E-state index is 13.0. The molecule has 1 saturated carbocycles. The van der Waals surface area contributed by atoms with Crippen molar-refractivity contribution in [1.82, 2.24) is 15.5 Å². The molecule has 3 aliphatic rings. The fourth-order valence-corrected chi connectivity index (χ4v) is 3.33. The van der Waals surface area contributed by atoms with Crippen LogP contribution in [0.15, 0.2) is 24.3 Å². The van der Waals surface area contributed by atoms with Crippen LogP contribution in [0.3, 0.4) is 0 Å². The zero-order chi connectivity index (χ0) is 19.0. The van der Waals surface area contributed by atoms with E-state index in [1.807, 2.05) is 0 Å². The molecule has 1 aromatic carbocycles. The Morgan fingerprint density at radius 3 is 2.85 bits per heavy atom. The molecule has 9 heteroatoms. The van der Waals surface area contributed by atoms with Gasteiger partial charge in [-0.1, -0.05) is 18.2 Å². The van der Waals surface area contributed by atoms with Gasteiger partial charge in [-0.15, -0.1) is 0 Å².